The lowest BCUT2D eigenvalue weighted by Gasteiger charge is -2.26. The number of nitrogens with zero attached hydrogens (tertiary/aromatic N) is 1. The molecule has 0 atom stereocenters. The summed E-state index contributed by atoms with van der Waals surface area (Å²) in [6, 6.07) is 15.1. The maximum Gasteiger partial charge on any atom is 0.335 e. The molecule has 7 nitrogen and oxygen atoms in total. The lowest BCUT2D eigenvalue weighted by atomic mass is 10.1. The molecule has 3 aromatic carbocycles. The van der Waals surface area contributed by atoms with Crippen LogP contribution in [0.3, 0.4) is 0 Å². The summed E-state index contributed by atoms with van der Waals surface area (Å²) >= 11 is 6.72. The first-order valence-electron chi connectivity index (χ1n) is 10.2. The van der Waals surface area contributed by atoms with Crippen LogP contribution in [-0.4, -0.2) is 25.0 Å². The van der Waals surface area contributed by atoms with Crippen LogP contribution in [0.4, 0.5) is 14.9 Å². The van der Waals surface area contributed by atoms with Gasteiger partial charge in [0.2, 0.25) is 0 Å². The van der Waals surface area contributed by atoms with Crippen molar-refractivity contribution >= 4 is 61.5 Å². The second-order valence-corrected chi connectivity index (χ2v) is 9.11. The van der Waals surface area contributed by atoms with Gasteiger partial charge in [0.25, 0.3) is 11.8 Å². The Balaban J connectivity index is 1.65. The minimum Gasteiger partial charge on any atom is -0.493 e. The molecule has 0 saturated carbocycles. The molecule has 1 saturated heterocycles. The Labute approximate surface area is 216 Å². The van der Waals surface area contributed by atoms with E-state index in [9.17, 15) is 18.8 Å². The molecule has 1 aliphatic rings. The molecule has 0 unspecified atom stereocenters. The number of hydrogen-bond acceptors (Lipinski definition) is 5. The van der Waals surface area contributed by atoms with Gasteiger partial charge in [0.1, 0.15) is 18.0 Å². The fourth-order valence-corrected chi connectivity index (χ4v) is 4.04. The Bertz CT molecular complexity index is 1360. The van der Waals surface area contributed by atoms with Gasteiger partial charge >= 0.3 is 6.03 Å². The number of halogens is 3. The second kappa shape index (κ2) is 10.4. The zero-order valence-electron chi connectivity index (χ0n) is 18.2. The van der Waals surface area contributed by atoms with Crippen LogP contribution in [0.2, 0.25) is 0 Å². The molecule has 0 spiro atoms. The molecule has 3 aromatic rings. The van der Waals surface area contributed by atoms with E-state index in [1.165, 1.54) is 19.3 Å². The summed E-state index contributed by atoms with van der Waals surface area (Å²) in [7, 11) is 1.43. The van der Waals surface area contributed by atoms with Gasteiger partial charge in [-0.2, -0.15) is 0 Å². The van der Waals surface area contributed by atoms with Crippen molar-refractivity contribution in [3.63, 3.8) is 0 Å². The predicted octanol–water partition coefficient (Wildman–Crippen LogP) is 5.60. The van der Waals surface area contributed by atoms with Crippen molar-refractivity contribution in [1.82, 2.24) is 5.32 Å². The highest BCUT2D eigenvalue weighted by Crippen LogP contribution is 2.36. The molecule has 0 aromatic heterocycles. The molecule has 0 radical (unpaired) electrons. The second-order valence-electron chi connectivity index (χ2n) is 7.34. The van der Waals surface area contributed by atoms with E-state index in [4.69, 9.17) is 9.47 Å². The first kappa shape index (κ1) is 24.6. The molecule has 1 heterocycles. The normalized spacial score (nSPS) is 14.8. The monoisotopic (exact) mass is 602 g/mol. The van der Waals surface area contributed by atoms with Gasteiger partial charge in [-0.25, -0.2) is 14.1 Å². The Morgan fingerprint density at radius 2 is 1.71 bits per heavy atom. The highest BCUT2D eigenvalue weighted by molar-refractivity contribution is 9.10. The number of ether oxygens (including phenoxy) is 2. The van der Waals surface area contributed by atoms with Gasteiger partial charge in [-0.05, 0) is 54.1 Å². The van der Waals surface area contributed by atoms with Gasteiger partial charge in [0.05, 0.1) is 12.8 Å². The van der Waals surface area contributed by atoms with Gasteiger partial charge in [-0.3, -0.25) is 14.9 Å². The summed E-state index contributed by atoms with van der Waals surface area (Å²) in [6.45, 7) is -0.0267. The number of hydrogen-bond donors (Lipinski definition) is 1. The Morgan fingerprint density at radius 1 is 1.00 bits per heavy atom. The van der Waals surface area contributed by atoms with Crippen molar-refractivity contribution in [2.45, 2.75) is 6.61 Å². The first-order chi connectivity index (χ1) is 16.8. The minimum atomic E-state index is -0.840. The molecule has 4 rings (SSSR count). The summed E-state index contributed by atoms with van der Waals surface area (Å²) in [5.41, 5.74) is 0.876. The molecular weight excluding hydrogens is 587 g/mol. The van der Waals surface area contributed by atoms with Crippen molar-refractivity contribution in [3.8, 4) is 11.5 Å². The number of benzene rings is 3. The number of amides is 4. The smallest absolute Gasteiger partial charge is 0.335 e. The number of nitrogens with one attached hydrogen (secondary N) is 1. The van der Waals surface area contributed by atoms with E-state index in [2.05, 4.69) is 37.2 Å². The number of urea groups is 1. The number of imide groups is 2. The van der Waals surface area contributed by atoms with Crippen LogP contribution in [-0.2, 0) is 16.2 Å². The van der Waals surface area contributed by atoms with Gasteiger partial charge < -0.3 is 9.47 Å². The third kappa shape index (κ3) is 5.28. The Morgan fingerprint density at radius 3 is 2.40 bits per heavy atom. The third-order valence-electron chi connectivity index (χ3n) is 5.11. The summed E-state index contributed by atoms with van der Waals surface area (Å²) in [5, 5.41) is 2.19. The van der Waals surface area contributed by atoms with E-state index in [1.54, 1.807) is 54.6 Å². The number of methoxy groups -OCH3 is 1. The van der Waals surface area contributed by atoms with Crippen molar-refractivity contribution in [2.24, 2.45) is 0 Å². The average molecular weight is 604 g/mol. The lowest BCUT2D eigenvalue weighted by molar-refractivity contribution is -0.122. The topological polar surface area (TPSA) is 84.9 Å². The van der Waals surface area contributed by atoms with Crippen molar-refractivity contribution in [1.29, 1.82) is 0 Å². The third-order valence-corrected chi connectivity index (χ3v) is 6.33. The van der Waals surface area contributed by atoms with E-state index >= 15 is 0 Å². The van der Waals surface area contributed by atoms with Gasteiger partial charge in [0, 0.05) is 14.5 Å². The standard InChI is InChI=1S/C25H17Br2FN2O5/c1-34-21-11-15(19(27)12-22(21)35-13-14-4-2-3-5-20(14)28)10-18-23(31)29-25(33)30(24(18)32)17-8-6-16(26)7-9-17/h2-12H,13H2,1H3,(H,29,31,33)/b18-10+. The molecule has 0 aliphatic carbocycles. The number of carbonyl (C=O) groups excluding carboxylic acids is 3. The van der Waals surface area contributed by atoms with E-state index in [-0.39, 0.29) is 12.2 Å². The first-order valence-corrected chi connectivity index (χ1v) is 11.8. The molecule has 1 fully saturated rings. The van der Waals surface area contributed by atoms with Crippen molar-refractivity contribution < 1.29 is 28.2 Å². The highest BCUT2D eigenvalue weighted by Gasteiger charge is 2.37. The predicted molar refractivity (Wildman–Crippen MR) is 135 cm³/mol. The minimum absolute atomic E-state index is 0.0267. The van der Waals surface area contributed by atoms with Crippen LogP contribution < -0.4 is 19.7 Å². The SMILES string of the molecule is COc1cc(/C=C2\C(=O)NC(=O)N(c3ccc(Br)cc3)C2=O)c(Br)cc1OCc1ccccc1F. The van der Waals surface area contributed by atoms with Crippen molar-refractivity contribution in [2.75, 3.05) is 12.0 Å². The molecule has 1 aliphatic heterocycles. The van der Waals surface area contributed by atoms with Crippen LogP contribution in [0.5, 0.6) is 11.5 Å². The van der Waals surface area contributed by atoms with Crippen molar-refractivity contribution in [3.05, 3.63) is 92.1 Å². The molecule has 178 valence electrons. The fourth-order valence-electron chi connectivity index (χ4n) is 3.34. The zero-order chi connectivity index (χ0) is 25.1. The molecule has 10 heteroatoms. The van der Waals surface area contributed by atoms with Gasteiger partial charge in [-0.15, -0.1) is 0 Å². The number of barbiturate groups is 1. The largest absolute Gasteiger partial charge is 0.493 e. The Hall–Kier alpha value is -3.50. The van der Waals surface area contributed by atoms with Crippen LogP contribution in [0.15, 0.2) is 75.2 Å². The summed E-state index contributed by atoms with van der Waals surface area (Å²) in [6.07, 6.45) is 1.35. The molecule has 1 N–H and O–H groups in total. The van der Waals surface area contributed by atoms with Crippen LogP contribution in [0.1, 0.15) is 11.1 Å². The van der Waals surface area contributed by atoms with E-state index in [1.807, 2.05) is 0 Å². The number of anilines is 1. The Kier molecular flexibility index (Phi) is 7.32. The molecular formula is C25H17Br2FN2O5. The maximum absolute atomic E-state index is 13.9. The summed E-state index contributed by atoms with van der Waals surface area (Å²) < 4.78 is 26.3. The van der Waals surface area contributed by atoms with Crippen LogP contribution in [0, 0.1) is 5.82 Å². The molecule has 35 heavy (non-hydrogen) atoms. The quantitative estimate of drug-likeness (QED) is 0.293. The number of rotatable bonds is 6. The van der Waals surface area contributed by atoms with E-state index < -0.39 is 23.7 Å². The lowest BCUT2D eigenvalue weighted by Crippen LogP contribution is -2.54. The zero-order valence-corrected chi connectivity index (χ0v) is 21.4. The van der Waals surface area contributed by atoms with Crippen LogP contribution in [0.25, 0.3) is 6.08 Å². The average Bonchev–Trinajstić information content (AvgIpc) is 2.83. The number of carbonyl (C=O) groups is 3. The maximum atomic E-state index is 13.9. The van der Waals surface area contributed by atoms with Gasteiger partial charge in [-0.1, -0.05) is 50.1 Å². The summed E-state index contributed by atoms with van der Waals surface area (Å²) in [5.74, 6) is -1.35. The summed E-state index contributed by atoms with van der Waals surface area (Å²) in [4.78, 5) is 38.9. The van der Waals surface area contributed by atoms with E-state index in [0.717, 1.165) is 9.37 Å². The fraction of sp³-hybridized carbons (Fsp3) is 0.0800. The molecule has 4 amide bonds. The molecule has 0 bridgehead atoms. The van der Waals surface area contributed by atoms with Crippen LogP contribution >= 0.6 is 31.9 Å². The highest BCUT2D eigenvalue weighted by atomic mass is 79.9. The van der Waals surface area contributed by atoms with E-state index in [0.29, 0.717) is 32.8 Å². The van der Waals surface area contributed by atoms with Gasteiger partial charge in [0.15, 0.2) is 11.5 Å².